The van der Waals surface area contributed by atoms with Crippen LogP contribution in [0.3, 0.4) is 0 Å². The Bertz CT molecular complexity index is 1200. The molecule has 1 heterocycles. The predicted octanol–water partition coefficient (Wildman–Crippen LogP) is 13.8. The minimum Gasteiger partial charge on any atom is -0.457 e. The largest absolute Gasteiger partial charge is 0.457 e. The molecule has 1 fully saturated rings. The van der Waals surface area contributed by atoms with E-state index in [9.17, 15) is 25.2 Å². The van der Waals surface area contributed by atoms with E-state index in [1.807, 2.05) is 0 Å². The second-order valence-electron chi connectivity index (χ2n) is 18.6. The molecule has 9 nitrogen and oxygen atoms in total. The number of esters is 1. The van der Waals surface area contributed by atoms with Gasteiger partial charge in [0, 0.05) is 13.0 Å². The molecule has 6 unspecified atom stereocenters. The van der Waals surface area contributed by atoms with Crippen LogP contribution in [-0.4, -0.2) is 89.6 Å². The Morgan fingerprint density at radius 3 is 1.41 bits per heavy atom. The van der Waals surface area contributed by atoms with Crippen molar-refractivity contribution >= 4 is 5.97 Å². The van der Waals surface area contributed by atoms with Gasteiger partial charge >= 0.3 is 5.97 Å². The van der Waals surface area contributed by atoms with Gasteiger partial charge in [0.2, 0.25) is 0 Å². The monoisotopic (exact) mass is 931 g/mol. The average molecular weight is 931 g/mol. The molecule has 0 aromatic rings. The Labute approximate surface area is 405 Å². The van der Waals surface area contributed by atoms with Crippen molar-refractivity contribution in [2.24, 2.45) is 0 Å². The lowest BCUT2D eigenvalue weighted by Crippen LogP contribution is -2.59. The molecule has 66 heavy (non-hydrogen) atoms. The highest BCUT2D eigenvalue weighted by Gasteiger charge is 2.44. The number of rotatable bonds is 47. The summed E-state index contributed by atoms with van der Waals surface area (Å²) in [5, 5.41) is 40.3. The maximum atomic E-state index is 12.9. The molecule has 0 spiro atoms. The number of unbranched alkanes of at least 4 members (excludes halogenated alkanes) is 26. The zero-order chi connectivity index (χ0) is 47.8. The average Bonchev–Trinajstić information content (AvgIpc) is 3.32. The van der Waals surface area contributed by atoms with Crippen molar-refractivity contribution in [2.45, 2.75) is 269 Å². The smallest absolute Gasteiger partial charge is 0.306 e. The molecule has 0 amide bonds. The van der Waals surface area contributed by atoms with Gasteiger partial charge in [-0.3, -0.25) is 4.79 Å². The first-order valence-electron chi connectivity index (χ1n) is 27.4. The van der Waals surface area contributed by atoms with Crippen LogP contribution >= 0.6 is 0 Å². The van der Waals surface area contributed by atoms with Gasteiger partial charge in [-0.15, -0.1) is 0 Å². The molecule has 0 bridgehead atoms. The molecular weight excluding hydrogens is 829 g/mol. The third kappa shape index (κ3) is 37.8. The van der Waals surface area contributed by atoms with Gasteiger partial charge < -0.3 is 39.4 Å². The topological polar surface area (TPSA) is 135 Å². The van der Waals surface area contributed by atoms with E-state index in [0.717, 1.165) is 57.8 Å². The zero-order valence-electron chi connectivity index (χ0n) is 42.4. The summed E-state index contributed by atoms with van der Waals surface area (Å²) in [5.41, 5.74) is 0. The lowest BCUT2D eigenvalue weighted by molar-refractivity contribution is -0.305. The maximum Gasteiger partial charge on any atom is 0.306 e. The molecule has 1 rings (SSSR count). The molecule has 0 aliphatic carbocycles. The molecule has 0 saturated carbocycles. The Kier molecular flexibility index (Phi) is 45.0. The number of aliphatic hydroxyl groups excluding tert-OH is 4. The Morgan fingerprint density at radius 1 is 0.500 bits per heavy atom. The minimum atomic E-state index is -1.54. The van der Waals surface area contributed by atoms with E-state index < -0.39 is 43.4 Å². The molecule has 6 atom stereocenters. The van der Waals surface area contributed by atoms with Crippen LogP contribution < -0.4 is 0 Å². The summed E-state index contributed by atoms with van der Waals surface area (Å²) < 4.78 is 22.9. The predicted molar refractivity (Wildman–Crippen MR) is 274 cm³/mol. The summed E-state index contributed by atoms with van der Waals surface area (Å²) in [7, 11) is 0. The van der Waals surface area contributed by atoms with E-state index in [2.05, 4.69) is 74.6 Å². The third-order valence-electron chi connectivity index (χ3n) is 12.4. The molecule has 1 saturated heterocycles. The van der Waals surface area contributed by atoms with E-state index >= 15 is 0 Å². The fourth-order valence-corrected chi connectivity index (χ4v) is 8.19. The van der Waals surface area contributed by atoms with Crippen molar-refractivity contribution in [1.29, 1.82) is 0 Å². The first kappa shape index (κ1) is 61.9. The fraction of sp³-hybridized carbons (Fsp3) is 0.807. The SMILES string of the molecule is CC/C=C\C/C=C\C/C=C\C/C=C\CCCCCCCCCCCCCOCC(COC1OC(CO)C(O)C(O)C1O)OC(=O)CCCCCCCCCCC/C=C\CCCCCCCC. The van der Waals surface area contributed by atoms with Crippen LogP contribution in [0.25, 0.3) is 0 Å². The van der Waals surface area contributed by atoms with Crippen LogP contribution in [0.15, 0.2) is 60.8 Å². The van der Waals surface area contributed by atoms with Gasteiger partial charge in [-0.05, 0) is 77.0 Å². The number of allylic oxidation sites excluding steroid dienone is 10. The number of carbonyl (C=O) groups excluding carboxylic acids is 1. The number of ether oxygens (including phenoxy) is 4. The minimum absolute atomic E-state index is 0.116. The molecule has 0 aromatic carbocycles. The quantitative estimate of drug-likeness (QED) is 0.0267. The maximum absolute atomic E-state index is 12.9. The summed E-state index contributed by atoms with van der Waals surface area (Å²) in [6.45, 7) is 4.46. The first-order chi connectivity index (χ1) is 32.4. The third-order valence-corrected chi connectivity index (χ3v) is 12.4. The lowest BCUT2D eigenvalue weighted by atomic mass is 9.99. The normalized spacial score (nSPS) is 19.8. The molecule has 384 valence electrons. The molecule has 0 aromatic heterocycles. The van der Waals surface area contributed by atoms with Gasteiger partial charge in [-0.2, -0.15) is 0 Å². The Hall–Kier alpha value is -2.11. The van der Waals surface area contributed by atoms with Crippen LogP contribution in [0.2, 0.25) is 0 Å². The van der Waals surface area contributed by atoms with Gasteiger partial charge in [0.1, 0.15) is 30.5 Å². The molecule has 1 aliphatic heterocycles. The fourth-order valence-electron chi connectivity index (χ4n) is 8.19. The van der Waals surface area contributed by atoms with Crippen molar-refractivity contribution in [1.82, 2.24) is 0 Å². The van der Waals surface area contributed by atoms with Gasteiger partial charge in [0.15, 0.2) is 6.29 Å². The van der Waals surface area contributed by atoms with E-state index in [4.69, 9.17) is 18.9 Å². The van der Waals surface area contributed by atoms with E-state index in [-0.39, 0.29) is 19.2 Å². The Morgan fingerprint density at radius 2 is 0.924 bits per heavy atom. The Balaban J connectivity index is 2.17. The van der Waals surface area contributed by atoms with Gasteiger partial charge in [-0.25, -0.2) is 0 Å². The molecular formula is C57H102O9. The molecule has 1 aliphatic rings. The lowest BCUT2D eigenvalue weighted by Gasteiger charge is -2.39. The van der Waals surface area contributed by atoms with Gasteiger partial charge in [-0.1, -0.05) is 209 Å². The number of hydrogen-bond donors (Lipinski definition) is 4. The van der Waals surface area contributed by atoms with Crippen molar-refractivity contribution in [3.05, 3.63) is 60.8 Å². The highest BCUT2D eigenvalue weighted by atomic mass is 16.7. The van der Waals surface area contributed by atoms with E-state index in [1.54, 1.807) is 0 Å². The first-order valence-corrected chi connectivity index (χ1v) is 27.4. The number of aliphatic hydroxyl groups is 4. The van der Waals surface area contributed by atoms with Crippen molar-refractivity contribution in [2.75, 3.05) is 26.4 Å². The van der Waals surface area contributed by atoms with Crippen LogP contribution in [0.1, 0.15) is 232 Å². The summed E-state index contributed by atoms with van der Waals surface area (Å²) in [6.07, 6.45) is 55.4. The number of carbonyl (C=O) groups is 1. The second kappa shape index (κ2) is 47.9. The van der Waals surface area contributed by atoms with Crippen molar-refractivity contribution in [3.63, 3.8) is 0 Å². The van der Waals surface area contributed by atoms with Crippen LogP contribution in [0, 0.1) is 0 Å². The highest BCUT2D eigenvalue weighted by molar-refractivity contribution is 5.69. The zero-order valence-corrected chi connectivity index (χ0v) is 42.4. The van der Waals surface area contributed by atoms with Crippen LogP contribution in [0.5, 0.6) is 0 Å². The molecule has 0 radical (unpaired) electrons. The second-order valence-corrected chi connectivity index (χ2v) is 18.6. The summed E-state index contributed by atoms with van der Waals surface area (Å²) >= 11 is 0. The van der Waals surface area contributed by atoms with Gasteiger partial charge in [0.05, 0.1) is 19.8 Å². The van der Waals surface area contributed by atoms with Crippen LogP contribution in [0.4, 0.5) is 0 Å². The van der Waals surface area contributed by atoms with Gasteiger partial charge in [0.25, 0.3) is 0 Å². The standard InChI is InChI=1S/C57H102O9/c1-3-5-7-9-11-13-15-17-19-21-23-24-25-26-27-29-31-33-35-37-39-41-43-45-47-63-49-51(50-64-57-56(62)55(61)54(60)52(48-58)66-57)65-53(59)46-44-42-40-38-36-34-32-30-28-22-20-18-16-14-12-10-8-6-4-2/h5,7,11,13,17-20,23-24,51-52,54-58,60-62H,3-4,6,8-10,12,14-16,21-22,25-50H2,1-2H3/b7-5-,13-11-,19-17-,20-18-,24-23-. The summed E-state index contributed by atoms with van der Waals surface area (Å²) in [5.74, 6) is -0.316. The summed E-state index contributed by atoms with van der Waals surface area (Å²) in [6, 6.07) is 0. The van der Waals surface area contributed by atoms with Crippen molar-refractivity contribution < 1.29 is 44.2 Å². The van der Waals surface area contributed by atoms with Crippen molar-refractivity contribution in [3.8, 4) is 0 Å². The van der Waals surface area contributed by atoms with E-state index in [1.165, 1.54) is 154 Å². The molecule has 4 N–H and O–H groups in total. The highest BCUT2D eigenvalue weighted by Crippen LogP contribution is 2.23. The summed E-state index contributed by atoms with van der Waals surface area (Å²) in [4.78, 5) is 12.9. The van der Waals surface area contributed by atoms with E-state index in [0.29, 0.717) is 13.0 Å². The molecule has 9 heteroatoms. The number of hydrogen-bond acceptors (Lipinski definition) is 9. The van der Waals surface area contributed by atoms with Crippen LogP contribution in [-0.2, 0) is 23.7 Å².